The van der Waals surface area contributed by atoms with Crippen LogP contribution in [0.15, 0.2) is 34.2 Å². The van der Waals surface area contributed by atoms with Crippen LogP contribution in [0.3, 0.4) is 0 Å². The number of hydrogen-bond acceptors (Lipinski definition) is 4. The maximum Gasteiger partial charge on any atom is 0.257 e. The molecule has 1 aromatic carbocycles. The predicted octanol–water partition coefficient (Wildman–Crippen LogP) is 3.92. The molecule has 5 nitrogen and oxygen atoms in total. The smallest absolute Gasteiger partial charge is 0.257 e. The van der Waals surface area contributed by atoms with Crippen LogP contribution in [0.1, 0.15) is 61.4 Å². The van der Waals surface area contributed by atoms with Crippen LogP contribution >= 0.6 is 11.8 Å². The zero-order chi connectivity index (χ0) is 21.0. The number of nitrogens with zero attached hydrogens (tertiary/aromatic N) is 2. The summed E-state index contributed by atoms with van der Waals surface area (Å²) in [4.78, 5) is 30.2. The van der Waals surface area contributed by atoms with Crippen molar-refractivity contribution in [2.45, 2.75) is 75.7 Å². The molecule has 2 aromatic rings. The van der Waals surface area contributed by atoms with Crippen LogP contribution in [0.25, 0.3) is 0 Å². The second-order valence-electron chi connectivity index (χ2n) is 8.09. The summed E-state index contributed by atoms with van der Waals surface area (Å²) in [5, 5.41) is 3.46. The van der Waals surface area contributed by atoms with Crippen molar-refractivity contribution in [1.82, 2.24) is 14.9 Å². The van der Waals surface area contributed by atoms with Crippen molar-refractivity contribution in [3.8, 4) is 0 Å². The van der Waals surface area contributed by atoms with Gasteiger partial charge in [-0.1, -0.05) is 60.9 Å². The van der Waals surface area contributed by atoms with Gasteiger partial charge >= 0.3 is 0 Å². The minimum absolute atomic E-state index is 0.0255. The molecule has 1 aliphatic carbocycles. The molecular formula is C23H31N3O2S. The Labute approximate surface area is 177 Å². The molecule has 1 heterocycles. The van der Waals surface area contributed by atoms with E-state index in [4.69, 9.17) is 0 Å². The number of benzene rings is 1. The molecule has 0 radical (unpaired) electrons. The van der Waals surface area contributed by atoms with Crippen LogP contribution in [0.5, 0.6) is 0 Å². The van der Waals surface area contributed by atoms with Gasteiger partial charge < -0.3 is 5.32 Å². The topological polar surface area (TPSA) is 64.0 Å². The molecule has 0 aliphatic heterocycles. The SMILES string of the molecule is Cc1ccc(Cc2c(C)nc(SC(C)C(=O)NC3CCCCC3)n(C)c2=O)cc1. The molecule has 6 heteroatoms. The predicted molar refractivity (Wildman–Crippen MR) is 119 cm³/mol. The van der Waals surface area contributed by atoms with Gasteiger partial charge in [0.2, 0.25) is 5.91 Å². The van der Waals surface area contributed by atoms with E-state index in [0.29, 0.717) is 17.1 Å². The van der Waals surface area contributed by atoms with E-state index in [2.05, 4.69) is 34.6 Å². The fraction of sp³-hybridized carbons (Fsp3) is 0.522. The van der Waals surface area contributed by atoms with E-state index in [9.17, 15) is 9.59 Å². The lowest BCUT2D eigenvalue weighted by molar-refractivity contribution is -0.121. The number of carbonyl (C=O) groups excluding carboxylic acids is 1. The normalized spacial score (nSPS) is 15.9. The molecule has 1 aliphatic rings. The summed E-state index contributed by atoms with van der Waals surface area (Å²) in [5.74, 6) is 0.0255. The highest BCUT2D eigenvalue weighted by Gasteiger charge is 2.22. The van der Waals surface area contributed by atoms with Gasteiger partial charge in [-0.05, 0) is 39.2 Å². The third-order valence-electron chi connectivity index (χ3n) is 5.65. The van der Waals surface area contributed by atoms with Gasteiger partial charge in [-0.3, -0.25) is 14.2 Å². The lowest BCUT2D eigenvalue weighted by atomic mass is 9.95. The Morgan fingerprint density at radius 3 is 2.52 bits per heavy atom. The van der Waals surface area contributed by atoms with Gasteiger partial charge in [0.05, 0.1) is 5.25 Å². The first-order chi connectivity index (χ1) is 13.8. The second kappa shape index (κ2) is 9.61. The number of aromatic nitrogens is 2. The Hall–Kier alpha value is -2.08. The van der Waals surface area contributed by atoms with Gasteiger partial charge in [0.25, 0.3) is 5.56 Å². The van der Waals surface area contributed by atoms with Crippen molar-refractivity contribution >= 4 is 17.7 Å². The zero-order valence-corrected chi connectivity index (χ0v) is 18.6. The molecule has 1 atom stereocenters. The highest BCUT2D eigenvalue weighted by molar-refractivity contribution is 8.00. The van der Waals surface area contributed by atoms with Gasteiger partial charge in [-0.25, -0.2) is 4.98 Å². The second-order valence-corrected chi connectivity index (χ2v) is 9.40. The average Bonchev–Trinajstić information content (AvgIpc) is 2.71. The van der Waals surface area contributed by atoms with Crippen LogP contribution in [-0.4, -0.2) is 26.8 Å². The zero-order valence-electron chi connectivity index (χ0n) is 17.8. The molecule has 0 spiro atoms. The number of hydrogen-bond donors (Lipinski definition) is 1. The summed E-state index contributed by atoms with van der Waals surface area (Å²) >= 11 is 1.35. The Kier molecular flexibility index (Phi) is 7.17. The van der Waals surface area contributed by atoms with Crippen LogP contribution in [-0.2, 0) is 18.3 Å². The molecule has 1 unspecified atom stereocenters. The van der Waals surface area contributed by atoms with Gasteiger partial charge in [0.15, 0.2) is 5.16 Å². The fourth-order valence-electron chi connectivity index (χ4n) is 3.73. The maximum atomic E-state index is 13.0. The van der Waals surface area contributed by atoms with E-state index in [1.54, 1.807) is 11.6 Å². The molecule has 0 bridgehead atoms. The van der Waals surface area contributed by atoms with Crippen molar-refractivity contribution in [1.29, 1.82) is 0 Å². The largest absolute Gasteiger partial charge is 0.352 e. The first kappa shape index (κ1) is 21.6. The van der Waals surface area contributed by atoms with E-state index in [1.807, 2.05) is 20.8 Å². The Morgan fingerprint density at radius 1 is 1.21 bits per heavy atom. The number of thioether (sulfide) groups is 1. The van der Waals surface area contributed by atoms with Crippen LogP contribution in [0, 0.1) is 13.8 Å². The fourth-order valence-corrected chi connectivity index (χ4v) is 4.65. The highest BCUT2D eigenvalue weighted by Crippen LogP contribution is 2.23. The number of aryl methyl sites for hydroxylation is 2. The Bertz CT molecular complexity index is 915. The standard InChI is InChI=1S/C23H31N3O2S/c1-15-10-12-18(13-11-15)14-20-16(2)24-23(26(4)22(20)28)29-17(3)21(27)25-19-8-6-5-7-9-19/h10-13,17,19H,5-9,14H2,1-4H3,(H,25,27). The van der Waals surface area contributed by atoms with Crippen LogP contribution < -0.4 is 10.9 Å². The van der Waals surface area contributed by atoms with Gasteiger partial charge in [0.1, 0.15) is 0 Å². The quantitative estimate of drug-likeness (QED) is 0.576. The average molecular weight is 414 g/mol. The lowest BCUT2D eigenvalue weighted by Crippen LogP contribution is -2.40. The third kappa shape index (κ3) is 5.50. The summed E-state index contributed by atoms with van der Waals surface area (Å²) in [6.45, 7) is 5.81. The Balaban J connectivity index is 1.72. The number of nitrogens with one attached hydrogen (secondary N) is 1. The molecule has 1 fully saturated rings. The summed E-state index contributed by atoms with van der Waals surface area (Å²) < 4.78 is 1.57. The molecule has 0 saturated heterocycles. The first-order valence-electron chi connectivity index (χ1n) is 10.4. The maximum absolute atomic E-state index is 13.0. The van der Waals surface area contributed by atoms with E-state index in [1.165, 1.54) is 36.6 Å². The number of amides is 1. The van der Waals surface area contributed by atoms with E-state index < -0.39 is 0 Å². The van der Waals surface area contributed by atoms with Crippen molar-refractivity contribution in [3.63, 3.8) is 0 Å². The third-order valence-corrected chi connectivity index (χ3v) is 6.80. The monoisotopic (exact) mass is 413 g/mol. The summed E-state index contributed by atoms with van der Waals surface area (Å²) in [5.41, 5.74) is 3.69. The van der Waals surface area contributed by atoms with Crippen molar-refractivity contribution in [3.05, 3.63) is 57.0 Å². The number of rotatable bonds is 6. The summed E-state index contributed by atoms with van der Waals surface area (Å²) in [6, 6.07) is 8.50. The molecule has 3 rings (SSSR count). The van der Waals surface area contributed by atoms with E-state index in [0.717, 1.165) is 24.1 Å². The molecule has 1 saturated carbocycles. The summed E-state index contributed by atoms with van der Waals surface area (Å²) in [7, 11) is 1.74. The minimum Gasteiger partial charge on any atom is -0.352 e. The molecule has 1 amide bonds. The lowest BCUT2D eigenvalue weighted by Gasteiger charge is -2.24. The summed E-state index contributed by atoms with van der Waals surface area (Å²) in [6.07, 6.45) is 6.32. The van der Waals surface area contributed by atoms with Gasteiger partial charge in [-0.15, -0.1) is 0 Å². The first-order valence-corrected chi connectivity index (χ1v) is 11.3. The highest BCUT2D eigenvalue weighted by atomic mass is 32.2. The number of carbonyl (C=O) groups is 1. The molecule has 29 heavy (non-hydrogen) atoms. The molecular weight excluding hydrogens is 382 g/mol. The molecule has 1 aromatic heterocycles. The molecule has 156 valence electrons. The van der Waals surface area contributed by atoms with Crippen molar-refractivity contribution in [2.24, 2.45) is 7.05 Å². The Morgan fingerprint density at radius 2 is 1.86 bits per heavy atom. The minimum atomic E-state index is -0.294. The van der Waals surface area contributed by atoms with Crippen LogP contribution in [0.2, 0.25) is 0 Å². The van der Waals surface area contributed by atoms with Crippen molar-refractivity contribution in [2.75, 3.05) is 0 Å². The van der Waals surface area contributed by atoms with Gasteiger partial charge in [-0.2, -0.15) is 0 Å². The van der Waals surface area contributed by atoms with E-state index in [-0.39, 0.29) is 22.8 Å². The van der Waals surface area contributed by atoms with Gasteiger partial charge in [0, 0.05) is 30.8 Å². The molecule has 1 N–H and O–H groups in total. The van der Waals surface area contributed by atoms with Crippen LogP contribution in [0.4, 0.5) is 0 Å². The van der Waals surface area contributed by atoms with Crippen molar-refractivity contribution < 1.29 is 4.79 Å². The van der Waals surface area contributed by atoms with E-state index >= 15 is 0 Å².